The lowest BCUT2D eigenvalue weighted by Gasteiger charge is -2.22. The Morgan fingerprint density at radius 1 is 1.12 bits per heavy atom. The van der Waals surface area contributed by atoms with Crippen molar-refractivity contribution in [1.29, 1.82) is 0 Å². The number of hydrogen-bond acceptors (Lipinski definition) is 3. The first-order valence-electron chi connectivity index (χ1n) is 7.33. The van der Waals surface area contributed by atoms with E-state index in [4.69, 9.17) is 4.74 Å². The summed E-state index contributed by atoms with van der Waals surface area (Å²) in [7, 11) is 1.85. The average molecular weight is 240 g/mol. The van der Waals surface area contributed by atoms with Crippen LogP contribution in [-0.2, 0) is 4.74 Å². The van der Waals surface area contributed by atoms with Gasteiger partial charge in [0.2, 0.25) is 0 Å². The van der Waals surface area contributed by atoms with Crippen LogP contribution >= 0.6 is 0 Å². The highest BCUT2D eigenvalue weighted by Gasteiger charge is 2.26. The van der Waals surface area contributed by atoms with Gasteiger partial charge < -0.3 is 15.0 Å². The second kappa shape index (κ2) is 6.72. The lowest BCUT2D eigenvalue weighted by atomic mass is 10.1. The van der Waals surface area contributed by atoms with Gasteiger partial charge in [-0.3, -0.25) is 0 Å². The fourth-order valence-corrected chi connectivity index (χ4v) is 3.28. The summed E-state index contributed by atoms with van der Waals surface area (Å²) < 4.78 is 5.44. The van der Waals surface area contributed by atoms with Crippen LogP contribution in [0.2, 0.25) is 0 Å². The van der Waals surface area contributed by atoms with E-state index in [-0.39, 0.29) is 0 Å². The van der Waals surface area contributed by atoms with Crippen LogP contribution < -0.4 is 5.32 Å². The highest BCUT2D eigenvalue weighted by molar-refractivity contribution is 4.85. The van der Waals surface area contributed by atoms with Gasteiger partial charge in [-0.25, -0.2) is 0 Å². The highest BCUT2D eigenvalue weighted by Crippen LogP contribution is 2.23. The molecule has 0 bridgehead atoms. The molecule has 0 spiro atoms. The smallest absolute Gasteiger partial charge is 0.0586 e. The zero-order valence-electron chi connectivity index (χ0n) is 11.5. The monoisotopic (exact) mass is 240 g/mol. The molecule has 1 saturated heterocycles. The number of ether oxygens (including phenoxy) is 1. The Labute approximate surface area is 106 Å². The van der Waals surface area contributed by atoms with E-state index < -0.39 is 0 Å². The van der Waals surface area contributed by atoms with E-state index in [9.17, 15) is 0 Å². The van der Waals surface area contributed by atoms with E-state index in [0.29, 0.717) is 12.1 Å². The Bertz CT molecular complexity index is 222. The SMILES string of the molecule is CCN1CCCC(NC2CCC(OC)C2)CC1. The number of methoxy groups -OCH3 is 1. The van der Waals surface area contributed by atoms with Gasteiger partial charge in [-0.15, -0.1) is 0 Å². The molecule has 2 fully saturated rings. The molecule has 0 radical (unpaired) electrons. The molecule has 0 aromatic heterocycles. The number of nitrogens with zero attached hydrogens (tertiary/aromatic N) is 1. The maximum absolute atomic E-state index is 5.44. The fourth-order valence-electron chi connectivity index (χ4n) is 3.28. The lowest BCUT2D eigenvalue weighted by molar-refractivity contribution is 0.106. The van der Waals surface area contributed by atoms with Gasteiger partial charge in [-0.05, 0) is 58.2 Å². The van der Waals surface area contributed by atoms with Gasteiger partial charge >= 0.3 is 0 Å². The minimum atomic E-state index is 0.505. The Kier molecular flexibility index (Phi) is 5.26. The second-order valence-corrected chi connectivity index (χ2v) is 5.60. The lowest BCUT2D eigenvalue weighted by Crippen LogP contribution is -2.38. The van der Waals surface area contributed by atoms with Crippen LogP contribution in [0.1, 0.15) is 45.4 Å². The minimum absolute atomic E-state index is 0.505. The third kappa shape index (κ3) is 3.94. The number of nitrogens with one attached hydrogen (secondary N) is 1. The van der Waals surface area contributed by atoms with Crippen LogP contribution in [0.15, 0.2) is 0 Å². The Morgan fingerprint density at radius 3 is 2.71 bits per heavy atom. The molecule has 1 aliphatic carbocycles. The normalized spacial score (nSPS) is 36.0. The van der Waals surface area contributed by atoms with Crippen LogP contribution in [0, 0.1) is 0 Å². The number of rotatable bonds is 4. The molecule has 3 unspecified atom stereocenters. The molecule has 1 aliphatic heterocycles. The molecular formula is C14H28N2O. The van der Waals surface area contributed by atoms with Crippen LogP contribution in [-0.4, -0.2) is 49.8 Å². The summed E-state index contributed by atoms with van der Waals surface area (Å²) in [4.78, 5) is 2.58. The second-order valence-electron chi connectivity index (χ2n) is 5.60. The van der Waals surface area contributed by atoms with Crippen LogP contribution in [0.5, 0.6) is 0 Å². The van der Waals surface area contributed by atoms with Gasteiger partial charge in [0, 0.05) is 19.2 Å². The topological polar surface area (TPSA) is 24.5 Å². The molecule has 0 amide bonds. The molecule has 2 rings (SSSR count). The summed E-state index contributed by atoms with van der Waals surface area (Å²) in [6, 6.07) is 1.45. The molecule has 0 aromatic rings. The van der Waals surface area contributed by atoms with Gasteiger partial charge in [-0.2, -0.15) is 0 Å². The third-order valence-electron chi connectivity index (χ3n) is 4.46. The minimum Gasteiger partial charge on any atom is -0.381 e. The van der Waals surface area contributed by atoms with Crippen molar-refractivity contribution < 1.29 is 4.74 Å². The first-order valence-corrected chi connectivity index (χ1v) is 7.33. The first kappa shape index (κ1) is 13.3. The van der Waals surface area contributed by atoms with Gasteiger partial charge in [0.15, 0.2) is 0 Å². The van der Waals surface area contributed by atoms with Crippen molar-refractivity contribution in [2.75, 3.05) is 26.7 Å². The van der Waals surface area contributed by atoms with E-state index in [1.54, 1.807) is 0 Å². The summed E-state index contributed by atoms with van der Waals surface area (Å²) in [6.07, 6.45) is 8.28. The molecule has 3 heteroatoms. The standard InChI is InChI=1S/C14H28N2O/c1-3-16-9-4-5-12(8-10-16)15-13-6-7-14(11-13)17-2/h12-15H,3-11H2,1-2H3. The average Bonchev–Trinajstić information content (AvgIpc) is 2.68. The van der Waals surface area contributed by atoms with Crippen molar-refractivity contribution in [2.45, 2.75) is 63.6 Å². The van der Waals surface area contributed by atoms with Crippen LogP contribution in [0.4, 0.5) is 0 Å². The van der Waals surface area contributed by atoms with Crippen molar-refractivity contribution in [3.8, 4) is 0 Å². The zero-order chi connectivity index (χ0) is 12.1. The van der Waals surface area contributed by atoms with Crippen LogP contribution in [0.25, 0.3) is 0 Å². The maximum Gasteiger partial charge on any atom is 0.0586 e. The number of hydrogen-bond donors (Lipinski definition) is 1. The Morgan fingerprint density at radius 2 is 2.00 bits per heavy atom. The fraction of sp³-hybridized carbons (Fsp3) is 1.00. The highest BCUT2D eigenvalue weighted by atomic mass is 16.5. The third-order valence-corrected chi connectivity index (χ3v) is 4.46. The van der Waals surface area contributed by atoms with Crippen molar-refractivity contribution in [2.24, 2.45) is 0 Å². The molecule has 1 saturated carbocycles. The molecule has 100 valence electrons. The summed E-state index contributed by atoms with van der Waals surface area (Å²) in [5.41, 5.74) is 0. The van der Waals surface area contributed by atoms with Gasteiger partial charge in [0.05, 0.1) is 6.10 Å². The van der Waals surface area contributed by atoms with Gasteiger partial charge in [0.1, 0.15) is 0 Å². The largest absolute Gasteiger partial charge is 0.381 e. The van der Waals surface area contributed by atoms with Crippen molar-refractivity contribution in [1.82, 2.24) is 10.2 Å². The first-order chi connectivity index (χ1) is 8.31. The molecule has 2 aliphatic rings. The van der Waals surface area contributed by atoms with Crippen LogP contribution in [0.3, 0.4) is 0 Å². The molecular weight excluding hydrogens is 212 g/mol. The van der Waals surface area contributed by atoms with E-state index in [0.717, 1.165) is 6.04 Å². The van der Waals surface area contributed by atoms with E-state index in [1.807, 2.05) is 7.11 Å². The zero-order valence-corrected chi connectivity index (χ0v) is 11.5. The Balaban J connectivity index is 1.72. The molecule has 17 heavy (non-hydrogen) atoms. The predicted molar refractivity (Wildman–Crippen MR) is 71.3 cm³/mol. The molecule has 3 atom stereocenters. The van der Waals surface area contributed by atoms with Crippen molar-refractivity contribution >= 4 is 0 Å². The predicted octanol–water partition coefficient (Wildman–Crippen LogP) is 2.02. The summed E-state index contributed by atoms with van der Waals surface area (Å²) in [5.74, 6) is 0. The van der Waals surface area contributed by atoms with Crippen molar-refractivity contribution in [3.63, 3.8) is 0 Å². The van der Waals surface area contributed by atoms with Gasteiger partial charge in [-0.1, -0.05) is 6.92 Å². The van der Waals surface area contributed by atoms with E-state index in [1.165, 1.54) is 58.2 Å². The van der Waals surface area contributed by atoms with E-state index in [2.05, 4.69) is 17.1 Å². The van der Waals surface area contributed by atoms with Crippen molar-refractivity contribution in [3.05, 3.63) is 0 Å². The molecule has 1 heterocycles. The summed E-state index contributed by atoms with van der Waals surface area (Å²) in [5, 5.41) is 3.86. The summed E-state index contributed by atoms with van der Waals surface area (Å²) >= 11 is 0. The van der Waals surface area contributed by atoms with Gasteiger partial charge in [0.25, 0.3) is 0 Å². The molecule has 1 N–H and O–H groups in total. The maximum atomic E-state index is 5.44. The molecule has 0 aromatic carbocycles. The number of likely N-dealkylation sites (tertiary alicyclic amines) is 1. The molecule has 3 nitrogen and oxygen atoms in total. The summed E-state index contributed by atoms with van der Waals surface area (Å²) in [6.45, 7) is 6.05. The Hall–Kier alpha value is -0.120. The van der Waals surface area contributed by atoms with E-state index >= 15 is 0 Å². The quantitative estimate of drug-likeness (QED) is 0.813.